The van der Waals surface area contributed by atoms with Crippen molar-refractivity contribution in [1.29, 1.82) is 0 Å². The Labute approximate surface area is 136 Å². The van der Waals surface area contributed by atoms with Crippen molar-refractivity contribution in [3.05, 3.63) is 22.7 Å². The van der Waals surface area contributed by atoms with E-state index in [-0.39, 0.29) is 0 Å². The summed E-state index contributed by atoms with van der Waals surface area (Å²) in [6.45, 7) is 6.57. The van der Waals surface area contributed by atoms with Crippen LogP contribution in [-0.4, -0.2) is 30.8 Å². The fourth-order valence-electron chi connectivity index (χ4n) is 2.18. The van der Waals surface area contributed by atoms with E-state index in [1.54, 1.807) is 0 Å². The molecule has 1 aromatic carbocycles. The average molecular weight is 330 g/mol. The quantitative estimate of drug-likeness (QED) is 0.762. The van der Waals surface area contributed by atoms with Gasteiger partial charge in [0.25, 0.3) is 0 Å². The van der Waals surface area contributed by atoms with Crippen LogP contribution in [0.1, 0.15) is 32.3 Å². The molecule has 1 aliphatic rings. The van der Waals surface area contributed by atoms with Gasteiger partial charge in [-0.25, -0.2) is 0 Å². The van der Waals surface area contributed by atoms with Gasteiger partial charge in [-0.1, -0.05) is 18.5 Å². The van der Waals surface area contributed by atoms with Crippen molar-refractivity contribution in [3.8, 4) is 11.5 Å². The molecular formula is C16H24ClNO2S. The van der Waals surface area contributed by atoms with Crippen molar-refractivity contribution < 1.29 is 9.47 Å². The van der Waals surface area contributed by atoms with Crippen LogP contribution in [0.4, 0.5) is 0 Å². The minimum atomic E-state index is 0.499. The normalized spacial score (nSPS) is 15.6. The molecule has 1 unspecified atom stereocenters. The minimum absolute atomic E-state index is 0.499. The maximum absolute atomic E-state index is 6.30. The molecule has 1 atom stereocenters. The number of rotatable bonds is 7. The minimum Gasteiger partial charge on any atom is -0.489 e. The highest BCUT2D eigenvalue weighted by Gasteiger charge is 2.15. The maximum atomic E-state index is 6.30. The average Bonchev–Trinajstić information content (AvgIpc) is 2.71. The summed E-state index contributed by atoms with van der Waals surface area (Å²) in [6.07, 6.45) is 2.07. The molecule has 0 bridgehead atoms. The molecule has 5 heteroatoms. The molecule has 1 aliphatic heterocycles. The number of benzene rings is 1. The van der Waals surface area contributed by atoms with Crippen molar-refractivity contribution in [1.82, 2.24) is 5.32 Å². The first-order valence-electron chi connectivity index (χ1n) is 7.60. The fourth-order valence-corrected chi connectivity index (χ4v) is 3.28. The SMILES string of the molecule is CCSCCC(C)NCc1cc(Cl)c2c(c1)OCCCO2. The number of halogens is 1. The summed E-state index contributed by atoms with van der Waals surface area (Å²) in [6, 6.07) is 4.50. The molecule has 0 spiro atoms. The van der Waals surface area contributed by atoms with Crippen LogP contribution in [0.25, 0.3) is 0 Å². The Bertz CT molecular complexity index is 456. The molecule has 0 saturated heterocycles. The second-order valence-corrected chi connectivity index (χ2v) is 7.02. The van der Waals surface area contributed by atoms with E-state index in [1.807, 2.05) is 23.9 Å². The Balaban J connectivity index is 1.91. The molecule has 0 fully saturated rings. The largest absolute Gasteiger partial charge is 0.489 e. The summed E-state index contributed by atoms with van der Waals surface area (Å²) in [7, 11) is 0. The van der Waals surface area contributed by atoms with Crippen LogP contribution >= 0.6 is 23.4 Å². The van der Waals surface area contributed by atoms with Gasteiger partial charge in [-0.05, 0) is 42.5 Å². The smallest absolute Gasteiger partial charge is 0.179 e. The van der Waals surface area contributed by atoms with Gasteiger partial charge in [0.05, 0.1) is 18.2 Å². The molecule has 1 aromatic rings. The number of ether oxygens (including phenoxy) is 2. The second kappa shape index (κ2) is 8.76. The number of fused-ring (bicyclic) bond motifs is 1. The van der Waals surface area contributed by atoms with Crippen molar-refractivity contribution in [3.63, 3.8) is 0 Å². The van der Waals surface area contributed by atoms with E-state index in [1.165, 1.54) is 17.9 Å². The highest BCUT2D eigenvalue weighted by atomic mass is 35.5. The van der Waals surface area contributed by atoms with Crippen LogP contribution in [0, 0.1) is 0 Å². The summed E-state index contributed by atoms with van der Waals surface area (Å²) in [5.41, 5.74) is 1.14. The Morgan fingerprint density at radius 2 is 2.14 bits per heavy atom. The molecule has 118 valence electrons. The Morgan fingerprint density at radius 3 is 2.95 bits per heavy atom. The fraction of sp³-hybridized carbons (Fsp3) is 0.625. The molecule has 0 aliphatic carbocycles. The van der Waals surface area contributed by atoms with Crippen molar-refractivity contribution >= 4 is 23.4 Å². The zero-order chi connectivity index (χ0) is 15.1. The van der Waals surface area contributed by atoms with Gasteiger partial charge >= 0.3 is 0 Å². The van der Waals surface area contributed by atoms with Gasteiger partial charge in [-0.3, -0.25) is 0 Å². The predicted molar refractivity (Wildman–Crippen MR) is 91.0 cm³/mol. The monoisotopic (exact) mass is 329 g/mol. The predicted octanol–water partition coefficient (Wildman–Crippen LogP) is 4.12. The van der Waals surface area contributed by atoms with Crippen molar-refractivity contribution in [2.24, 2.45) is 0 Å². The topological polar surface area (TPSA) is 30.5 Å². The molecule has 0 amide bonds. The van der Waals surface area contributed by atoms with Crippen LogP contribution in [0.3, 0.4) is 0 Å². The van der Waals surface area contributed by atoms with Gasteiger partial charge in [0.1, 0.15) is 0 Å². The molecule has 1 heterocycles. The van der Waals surface area contributed by atoms with Gasteiger partial charge in [0, 0.05) is 19.0 Å². The number of hydrogen-bond donors (Lipinski definition) is 1. The van der Waals surface area contributed by atoms with Gasteiger partial charge in [-0.2, -0.15) is 11.8 Å². The molecule has 21 heavy (non-hydrogen) atoms. The zero-order valence-corrected chi connectivity index (χ0v) is 14.4. The Morgan fingerprint density at radius 1 is 1.33 bits per heavy atom. The van der Waals surface area contributed by atoms with Crippen LogP contribution in [-0.2, 0) is 6.54 Å². The lowest BCUT2D eigenvalue weighted by Crippen LogP contribution is -2.26. The standard InChI is InChI=1S/C16H24ClNO2S/c1-3-21-8-5-12(2)18-11-13-9-14(17)16-15(10-13)19-6-4-7-20-16/h9-10,12,18H,3-8,11H2,1-2H3. The molecule has 0 saturated carbocycles. The first-order chi connectivity index (χ1) is 10.2. The second-order valence-electron chi connectivity index (χ2n) is 5.22. The summed E-state index contributed by atoms with van der Waals surface area (Å²) in [4.78, 5) is 0. The molecule has 2 rings (SSSR count). The van der Waals surface area contributed by atoms with E-state index in [0.717, 1.165) is 24.3 Å². The molecular weight excluding hydrogens is 306 g/mol. The number of thioether (sulfide) groups is 1. The van der Waals surface area contributed by atoms with Crippen LogP contribution in [0.2, 0.25) is 5.02 Å². The van der Waals surface area contributed by atoms with E-state index in [0.29, 0.717) is 30.0 Å². The Hall–Kier alpha value is -0.580. The lowest BCUT2D eigenvalue weighted by Gasteiger charge is -2.15. The number of nitrogens with one attached hydrogen (secondary N) is 1. The van der Waals surface area contributed by atoms with Crippen LogP contribution in [0.5, 0.6) is 11.5 Å². The zero-order valence-electron chi connectivity index (χ0n) is 12.8. The first kappa shape index (κ1) is 16.8. The molecule has 0 radical (unpaired) electrons. The van der Waals surface area contributed by atoms with Crippen LogP contribution in [0.15, 0.2) is 12.1 Å². The summed E-state index contributed by atoms with van der Waals surface area (Å²) in [5, 5.41) is 4.18. The molecule has 3 nitrogen and oxygen atoms in total. The summed E-state index contributed by atoms with van der Waals surface area (Å²) >= 11 is 8.29. The third-order valence-electron chi connectivity index (χ3n) is 3.42. The van der Waals surface area contributed by atoms with E-state index in [9.17, 15) is 0 Å². The van der Waals surface area contributed by atoms with E-state index >= 15 is 0 Å². The Kier molecular flexibility index (Phi) is 7.00. The summed E-state index contributed by atoms with van der Waals surface area (Å²) < 4.78 is 11.4. The molecule has 1 N–H and O–H groups in total. The van der Waals surface area contributed by atoms with Crippen molar-refractivity contribution in [2.45, 2.75) is 39.3 Å². The van der Waals surface area contributed by atoms with Gasteiger partial charge in [0.15, 0.2) is 11.5 Å². The van der Waals surface area contributed by atoms with Crippen molar-refractivity contribution in [2.75, 3.05) is 24.7 Å². The third kappa shape index (κ3) is 5.28. The maximum Gasteiger partial charge on any atom is 0.179 e. The van der Waals surface area contributed by atoms with E-state index in [2.05, 4.69) is 19.2 Å². The third-order valence-corrected chi connectivity index (χ3v) is 4.63. The lowest BCUT2D eigenvalue weighted by atomic mass is 10.1. The highest BCUT2D eigenvalue weighted by Crippen LogP contribution is 2.37. The van der Waals surface area contributed by atoms with E-state index < -0.39 is 0 Å². The number of hydrogen-bond acceptors (Lipinski definition) is 4. The molecule has 0 aromatic heterocycles. The highest BCUT2D eigenvalue weighted by molar-refractivity contribution is 7.99. The van der Waals surface area contributed by atoms with Gasteiger partial charge in [0.2, 0.25) is 0 Å². The summed E-state index contributed by atoms with van der Waals surface area (Å²) in [5.74, 6) is 3.84. The lowest BCUT2D eigenvalue weighted by molar-refractivity contribution is 0.297. The van der Waals surface area contributed by atoms with Gasteiger partial charge in [-0.15, -0.1) is 0 Å². The first-order valence-corrected chi connectivity index (χ1v) is 9.13. The van der Waals surface area contributed by atoms with Gasteiger partial charge < -0.3 is 14.8 Å². The van der Waals surface area contributed by atoms with E-state index in [4.69, 9.17) is 21.1 Å². The van der Waals surface area contributed by atoms with Crippen LogP contribution < -0.4 is 14.8 Å².